The van der Waals surface area contributed by atoms with Gasteiger partial charge in [0.25, 0.3) is 5.91 Å². The second-order valence-electron chi connectivity index (χ2n) is 6.27. The van der Waals surface area contributed by atoms with Gasteiger partial charge in [-0.1, -0.05) is 18.2 Å². The molecule has 3 amide bonds. The van der Waals surface area contributed by atoms with Crippen molar-refractivity contribution < 1.29 is 23.8 Å². The lowest BCUT2D eigenvalue weighted by molar-refractivity contribution is 0.0938. The molecule has 30 heavy (non-hydrogen) atoms. The van der Waals surface area contributed by atoms with Gasteiger partial charge in [-0.25, -0.2) is 10.2 Å². The van der Waals surface area contributed by atoms with Crippen molar-refractivity contribution in [2.45, 2.75) is 13.5 Å². The molecule has 0 radical (unpaired) electrons. The van der Waals surface area contributed by atoms with Crippen LogP contribution in [0.2, 0.25) is 0 Å². The number of H-pyrrole nitrogens is 1. The molecule has 1 heterocycles. The van der Waals surface area contributed by atoms with Crippen LogP contribution in [-0.2, 0) is 6.54 Å². The van der Waals surface area contributed by atoms with Crippen LogP contribution in [-0.4, -0.2) is 37.7 Å². The number of hydrazine groups is 1. The van der Waals surface area contributed by atoms with Crippen LogP contribution in [0.25, 0.3) is 10.9 Å². The van der Waals surface area contributed by atoms with Gasteiger partial charge in [-0.05, 0) is 30.7 Å². The van der Waals surface area contributed by atoms with E-state index in [0.29, 0.717) is 29.4 Å². The summed E-state index contributed by atoms with van der Waals surface area (Å²) in [6.07, 6.45) is 1.60. The Morgan fingerprint density at radius 1 is 1.03 bits per heavy atom. The summed E-state index contributed by atoms with van der Waals surface area (Å²) in [7, 11) is 3.06. The van der Waals surface area contributed by atoms with Gasteiger partial charge in [0.1, 0.15) is 0 Å². The maximum Gasteiger partial charge on any atom is 0.333 e. The predicted molar refractivity (Wildman–Crippen MR) is 112 cm³/mol. The molecule has 0 saturated carbocycles. The number of ether oxygens (including phenoxy) is 3. The minimum atomic E-state index is -0.560. The number of rotatable bonds is 7. The van der Waals surface area contributed by atoms with Crippen LogP contribution in [0, 0.1) is 0 Å². The molecule has 158 valence electrons. The number of carbonyl (C=O) groups excluding carboxylic acids is 2. The van der Waals surface area contributed by atoms with Gasteiger partial charge >= 0.3 is 6.03 Å². The van der Waals surface area contributed by atoms with Crippen molar-refractivity contribution in [3.8, 4) is 17.2 Å². The number of fused-ring (bicyclic) bond motifs is 1. The molecule has 0 aliphatic heterocycles. The Kier molecular flexibility index (Phi) is 6.63. The summed E-state index contributed by atoms with van der Waals surface area (Å²) in [4.78, 5) is 27.5. The second kappa shape index (κ2) is 9.55. The molecule has 9 heteroatoms. The normalized spacial score (nSPS) is 10.4. The summed E-state index contributed by atoms with van der Waals surface area (Å²) >= 11 is 0. The van der Waals surface area contributed by atoms with E-state index in [1.165, 1.54) is 14.2 Å². The molecule has 4 N–H and O–H groups in total. The quantitative estimate of drug-likeness (QED) is 0.446. The summed E-state index contributed by atoms with van der Waals surface area (Å²) in [5.74, 6) is 1.08. The average Bonchev–Trinajstić information content (AvgIpc) is 3.20. The molecule has 1 aromatic heterocycles. The molecule has 0 bridgehead atoms. The Labute approximate surface area is 173 Å². The van der Waals surface area contributed by atoms with E-state index in [4.69, 9.17) is 14.2 Å². The van der Waals surface area contributed by atoms with Gasteiger partial charge in [0, 0.05) is 23.6 Å². The van der Waals surface area contributed by atoms with Crippen LogP contribution in [0.15, 0.2) is 42.6 Å². The molecular weight excluding hydrogens is 388 g/mol. The highest BCUT2D eigenvalue weighted by Gasteiger charge is 2.15. The lowest BCUT2D eigenvalue weighted by Gasteiger charge is -2.15. The monoisotopic (exact) mass is 412 g/mol. The van der Waals surface area contributed by atoms with Gasteiger partial charge in [-0.2, -0.15) is 0 Å². The highest BCUT2D eigenvalue weighted by atomic mass is 16.5. The largest absolute Gasteiger partial charge is 0.493 e. The molecule has 0 fully saturated rings. The summed E-state index contributed by atoms with van der Waals surface area (Å²) in [6.45, 7) is 2.51. The molecule has 2 aromatic carbocycles. The zero-order valence-corrected chi connectivity index (χ0v) is 17.0. The summed E-state index contributed by atoms with van der Waals surface area (Å²) in [5, 5.41) is 3.44. The smallest absolute Gasteiger partial charge is 0.333 e. The molecule has 0 aliphatic carbocycles. The minimum absolute atomic E-state index is 0.188. The van der Waals surface area contributed by atoms with E-state index in [-0.39, 0.29) is 6.54 Å². The van der Waals surface area contributed by atoms with Gasteiger partial charge in [0.05, 0.1) is 26.4 Å². The Balaban J connectivity index is 1.58. The number of hydrogen-bond donors (Lipinski definition) is 4. The highest BCUT2D eigenvalue weighted by Crippen LogP contribution is 2.38. The number of benzene rings is 2. The Morgan fingerprint density at radius 3 is 2.40 bits per heavy atom. The zero-order valence-electron chi connectivity index (χ0n) is 17.0. The van der Waals surface area contributed by atoms with Crippen LogP contribution < -0.4 is 30.4 Å². The third-order valence-electron chi connectivity index (χ3n) is 4.39. The highest BCUT2D eigenvalue weighted by molar-refractivity contribution is 6.07. The Hall–Kier alpha value is -3.88. The lowest BCUT2D eigenvalue weighted by Crippen LogP contribution is -2.46. The second-order valence-corrected chi connectivity index (χ2v) is 6.27. The molecule has 0 unspecified atom stereocenters. The van der Waals surface area contributed by atoms with E-state index in [1.54, 1.807) is 18.3 Å². The van der Waals surface area contributed by atoms with Gasteiger partial charge in [-0.15, -0.1) is 0 Å². The molecule has 0 spiro atoms. The number of hydrogen-bond acceptors (Lipinski definition) is 5. The molecule has 3 rings (SSSR count). The number of nitrogens with one attached hydrogen (secondary N) is 4. The number of amides is 3. The van der Waals surface area contributed by atoms with Gasteiger partial charge < -0.3 is 24.5 Å². The molecule has 0 saturated heterocycles. The van der Waals surface area contributed by atoms with E-state index in [9.17, 15) is 9.59 Å². The van der Waals surface area contributed by atoms with Gasteiger partial charge in [0.2, 0.25) is 5.75 Å². The van der Waals surface area contributed by atoms with Gasteiger partial charge in [-0.3, -0.25) is 10.2 Å². The van der Waals surface area contributed by atoms with Crippen molar-refractivity contribution in [1.82, 2.24) is 21.2 Å². The summed E-state index contributed by atoms with van der Waals surface area (Å²) in [6, 6.07) is 10.3. The van der Waals surface area contributed by atoms with Crippen LogP contribution in [0.4, 0.5) is 4.79 Å². The molecule has 0 atom stereocenters. The molecular formula is C21H24N4O5. The van der Waals surface area contributed by atoms with E-state index >= 15 is 0 Å². The standard InChI is InChI=1S/C21H24N4O5/c1-4-30-19-17(28-2)9-13(10-18(19)29-3)11-23-21(27)25-24-20(26)15-12-22-16-8-6-5-7-14(15)16/h5-10,12,22H,4,11H2,1-3H3,(H,24,26)(H2,23,25,27). The van der Waals surface area contributed by atoms with Crippen molar-refractivity contribution in [2.75, 3.05) is 20.8 Å². The topological polar surface area (TPSA) is 114 Å². The third-order valence-corrected chi connectivity index (χ3v) is 4.39. The number of aromatic amines is 1. The summed E-state index contributed by atoms with van der Waals surface area (Å²) < 4.78 is 16.3. The first-order valence-electron chi connectivity index (χ1n) is 9.35. The average molecular weight is 412 g/mol. The number of para-hydroxylation sites is 1. The first-order chi connectivity index (χ1) is 14.6. The third kappa shape index (κ3) is 4.57. The van der Waals surface area contributed by atoms with Crippen molar-refractivity contribution >= 4 is 22.8 Å². The number of carbonyl (C=O) groups is 2. The lowest BCUT2D eigenvalue weighted by atomic mass is 10.2. The summed E-state index contributed by atoms with van der Waals surface area (Å²) in [5.41, 5.74) is 6.75. The van der Waals surface area contributed by atoms with Crippen molar-refractivity contribution in [1.29, 1.82) is 0 Å². The van der Waals surface area contributed by atoms with E-state index in [1.807, 2.05) is 31.2 Å². The first kappa shape index (κ1) is 20.8. The van der Waals surface area contributed by atoms with Crippen molar-refractivity contribution in [3.05, 3.63) is 53.7 Å². The SMILES string of the molecule is CCOc1c(OC)cc(CNC(=O)NNC(=O)c2c[nH]c3ccccc23)cc1OC. The number of aromatic nitrogens is 1. The fourth-order valence-corrected chi connectivity index (χ4v) is 2.99. The van der Waals surface area contributed by atoms with Crippen molar-refractivity contribution in [3.63, 3.8) is 0 Å². The Bertz CT molecular complexity index is 1020. The molecule has 0 aliphatic rings. The maximum atomic E-state index is 12.3. The molecule has 3 aromatic rings. The number of urea groups is 1. The molecule has 9 nitrogen and oxygen atoms in total. The first-order valence-corrected chi connectivity index (χ1v) is 9.35. The minimum Gasteiger partial charge on any atom is -0.493 e. The van der Waals surface area contributed by atoms with Crippen molar-refractivity contribution in [2.24, 2.45) is 0 Å². The zero-order chi connectivity index (χ0) is 21.5. The maximum absolute atomic E-state index is 12.3. The van der Waals surface area contributed by atoms with Crippen LogP contribution >= 0.6 is 0 Å². The van der Waals surface area contributed by atoms with Crippen LogP contribution in [0.3, 0.4) is 0 Å². The fourth-order valence-electron chi connectivity index (χ4n) is 2.99. The van der Waals surface area contributed by atoms with E-state index in [0.717, 1.165) is 16.5 Å². The van der Waals surface area contributed by atoms with E-state index < -0.39 is 11.9 Å². The fraction of sp³-hybridized carbons (Fsp3) is 0.238. The number of methoxy groups -OCH3 is 2. The van der Waals surface area contributed by atoms with Crippen LogP contribution in [0.1, 0.15) is 22.8 Å². The predicted octanol–water partition coefficient (Wildman–Crippen LogP) is 2.73. The van der Waals surface area contributed by atoms with E-state index in [2.05, 4.69) is 21.2 Å². The Morgan fingerprint density at radius 2 is 1.73 bits per heavy atom. The van der Waals surface area contributed by atoms with Gasteiger partial charge in [0.15, 0.2) is 11.5 Å². The van der Waals surface area contributed by atoms with Crippen LogP contribution in [0.5, 0.6) is 17.2 Å².